The first kappa shape index (κ1) is 15.8. The summed E-state index contributed by atoms with van der Waals surface area (Å²) in [6, 6.07) is 0. The van der Waals surface area contributed by atoms with Crippen molar-refractivity contribution in [3.05, 3.63) is 0 Å². The normalized spacial score (nSPS) is 18.7. The third kappa shape index (κ3) is 4.73. The highest BCUT2D eigenvalue weighted by molar-refractivity contribution is 5.78. The number of cyclic esters (lactones) is 2. The molecule has 0 aromatic heterocycles. The standard InChI is InChI=1S/C14H24O5/c1-10(2)6-13(3,4)7-17-11(15)14(5)8-18-12(16)19-9-14/h10H,6-9H2,1-5H3. The van der Waals surface area contributed by atoms with Gasteiger partial charge in [0.15, 0.2) is 0 Å². The first-order valence-electron chi connectivity index (χ1n) is 6.61. The Morgan fingerprint density at radius 2 is 1.89 bits per heavy atom. The van der Waals surface area contributed by atoms with Gasteiger partial charge in [0, 0.05) is 0 Å². The summed E-state index contributed by atoms with van der Waals surface area (Å²) in [6.45, 7) is 10.5. The third-order valence-corrected chi connectivity index (χ3v) is 3.06. The minimum absolute atomic E-state index is 0.00920. The first-order chi connectivity index (χ1) is 8.65. The van der Waals surface area contributed by atoms with E-state index in [0.29, 0.717) is 12.5 Å². The molecule has 1 saturated heterocycles. The maximum atomic E-state index is 12.1. The fraction of sp³-hybridized carbons (Fsp3) is 0.857. The average molecular weight is 272 g/mol. The van der Waals surface area contributed by atoms with Gasteiger partial charge in [-0.25, -0.2) is 4.79 Å². The second-order valence-electron chi connectivity index (χ2n) is 6.73. The van der Waals surface area contributed by atoms with E-state index in [0.717, 1.165) is 6.42 Å². The lowest BCUT2D eigenvalue weighted by Gasteiger charge is -2.32. The van der Waals surface area contributed by atoms with Crippen molar-refractivity contribution in [2.45, 2.75) is 41.0 Å². The molecule has 0 aromatic carbocycles. The van der Waals surface area contributed by atoms with Gasteiger partial charge >= 0.3 is 12.1 Å². The number of carbonyl (C=O) groups excluding carboxylic acids is 2. The Morgan fingerprint density at radius 1 is 1.37 bits per heavy atom. The minimum atomic E-state index is -0.901. The van der Waals surface area contributed by atoms with E-state index in [9.17, 15) is 9.59 Å². The maximum Gasteiger partial charge on any atom is 0.508 e. The fourth-order valence-corrected chi connectivity index (χ4v) is 2.24. The van der Waals surface area contributed by atoms with E-state index in [4.69, 9.17) is 14.2 Å². The lowest BCUT2D eigenvalue weighted by atomic mass is 9.84. The molecule has 110 valence electrons. The molecule has 1 aliphatic rings. The van der Waals surface area contributed by atoms with Crippen LogP contribution in [0.2, 0.25) is 0 Å². The molecule has 0 aromatic rings. The largest absolute Gasteiger partial charge is 0.508 e. The van der Waals surface area contributed by atoms with E-state index < -0.39 is 11.6 Å². The molecule has 1 rings (SSSR count). The van der Waals surface area contributed by atoms with Crippen molar-refractivity contribution in [2.75, 3.05) is 19.8 Å². The third-order valence-electron chi connectivity index (χ3n) is 3.06. The Bertz CT molecular complexity index is 336. The lowest BCUT2D eigenvalue weighted by molar-refractivity contribution is -0.169. The molecule has 0 bridgehead atoms. The van der Waals surface area contributed by atoms with Crippen LogP contribution in [0.4, 0.5) is 4.79 Å². The molecule has 1 heterocycles. The topological polar surface area (TPSA) is 61.8 Å². The number of carbonyl (C=O) groups is 2. The summed E-state index contributed by atoms with van der Waals surface area (Å²) in [5, 5.41) is 0. The second-order valence-corrected chi connectivity index (χ2v) is 6.73. The van der Waals surface area contributed by atoms with Crippen LogP contribution in [0.3, 0.4) is 0 Å². The molecule has 0 N–H and O–H groups in total. The Labute approximate surface area is 114 Å². The van der Waals surface area contributed by atoms with Crippen LogP contribution in [-0.4, -0.2) is 31.9 Å². The Kier molecular flexibility index (Phi) is 4.82. The van der Waals surface area contributed by atoms with E-state index >= 15 is 0 Å². The zero-order chi connectivity index (χ0) is 14.7. The molecule has 1 fully saturated rings. The summed E-state index contributed by atoms with van der Waals surface area (Å²) >= 11 is 0. The summed E-state index contributed by atoms with van der Waals surface area (Å²) in [7, 11) is 0. The predicted molar refractivity (Wildman–Crippen MR) is 69.6 cm³/mol. The Balaban J connectivity index is 2.49. The quantitative estimate of drug-likeness (QED) is 0.720. The van der Waals surface area contributed by atoms with Crippen LogP contribution in [0.1, 0.15) is 41.0 Å². The fourth-order valence-electron chi connectivity index (χ4n) is 2.24. The van der Waals surface area contributed by atoms with Gasteiger partial charge in [0.1, 0.15) is 18.6 Å². The van der Waals surface area contributed by atoms with Crippen LogP contribution in [0.15, 0.2) is 0 Å². The van der Waals surface area contributed by atoms with E-state index in [-0.39, 0.29) is 24.6 Å². The molecule has 0 atom stereocenters. The van der Waals surface area contributed by atoms with Crippen molar-refractivity contribution in [2.24, 2.45) is 16.7 Å². The number of ether oxygens (including phenoxy) is 3. The SMILES string of the molecule is CC(C)CC(C)(C)COC(=O)C1(C)COC(=O)OC1. The first-order valence-corrected chi connectivity index (χ1v) is 6.61. The van der Waals surface area contributed by atoms with Gasteiger partial charge in [-0.3, -0.25) is 4.79 Å². The molecule has 0 amide bonds. The number of hydrogen-bond donors (Lipinski definition) is 0. The zero-order valence-corrected chi connectivity index (χ0v) is 12.4. The monoisotopic (exact) mass is 272 g/mol. The molecule has 19 heavy (non-hydrogen) atoms. The van der Waals surface area contributed by atoms with Gasteiger partial charge in [0.25, 0.3) is 0 Å². The molecule has 0 unspecified atom stereocenters. The van der Waals surface area contributed by atoms with Crippen molar-refractivity contribution in [1.82, 2.24) is 0 Å². The average Bonchev–Trinajstić information content (AvgIpc) is 2.28. The molecule has 1 aliphatic heterocycles. The van der Waals surface area contributed by atoms with Crippen molar-refractivity contribution in [3.8, 4) is 0 Å². The van der Waals surface area contributed by atoms with Gasteiger partial charge in [0.2, 0.25) is 0 Å². The molecule has 5 nitrogen and oxygen atoms in total. The summed E-state index contributed by atoms with van der Waals surface area (Å²) in [4.78, 5) is 22.9. The summed E-state index contributed by atoms with van der Waals surface area (Å²) in [6.07, 6.45) is 0.244. The van der Waals surface area contributed by atoms with Gasteiger partial charge in [0.05, 0.1) is 6.61 Å². The molecule has 0 aliphatic carbocycles. The maximum absolute atomic E-state index is 12.1. The van der Waals surface area contributed by atoms with Crippen LogP contribution < -0.4 is 0 Å². The Morgan fingerprint density at radius 3 is 2.37 bits per heavy atom. The minimum Gasteiger partial charge on any atom is -0.465 e. The summed E-state index contributed by atoms with van der Waals surface area (Å²) in [5.74, 6) is 0.167. The number of rotatable bonds is 5. The van der Waals surface area contributed by atoms with Gasteiger partial charge in [-0.2, -0.15) is 0 Å². The molecule has 0 radical (unpaired) electrons. The number of esters is 1. The summed E-state index contributed by atoms with van der Waals surface area (Å²) in [5.41, 5.74) is -0.964. The molecule has 0 saturated carbocycles. The van der Waals surface area contributed by atoms with Gasteiger partial charge < -0.3 is 14.2 Å². The van der Waals surface area contributed by atoms with Crippen LogP contribution in [0.25, 0.3) is 0 Å². The van der Waals surface area contributed by atoms with E-state index in [2.05, 4.69) is 27.7 Å². The lowest BCUT2D eigenvalue weighted by Crippen LogP contribution is -2.45. The van der Waals surface area contributed by atoms with Crippen molar-refractivity contribution < 1.29 is 23.8 Å². The van der Waals surface area contributed by atoms with E-state index in [1.54, 1.807) is 6.92 Å². The van der Waals surface area contributed by atoms with Gasteiger partial charge in [-0.05, 0) is 24.7 Å². The molecule has 0 spiro atoms. The van der Waals surface area contributed by atoms with Crippen LogP contribution in [-0.2, 0) is 19.0 Å². The zero-order valence-electron chi connectivity index (χ0n) is 12.4. The van der Waals surface area contributed by atoms with Crippen molar-refractivity contribution in [1.29, 1.82) is 0 Å². The highest BCUT2D eigenvalue weighted by Crippen LogP contribution is 2.28. The van der Waals surface area contributed by atoms with Gasteiger partial charge in [-0.1, -0.05) is 27.7 Å². The Hall–Kier alpha value is -1.26. The van der Waals surface area contributed by atoms with Crippen LogP contribution in [0, 0.1) is 16.7 Å². The van der Waals surface area contributed by atoms with Gasteiger partial charge in [-0.15, -0.1) is 0 Å². The second kappa shape index (κ2) is 5.80. The van der Waals surface area contributed by atoms with Crippen molar-refractivity contribution in [3.63, 3.8) is 0 Å². The van der Waals surface area contributed by atoms with E-state index in [1.165, 1.54) is 0 Å². The smallest absolute Gasteiger partial charge is 0.465 e. The number of hydrogen-bond acceptors (Lipinski definition) is 5. The van der Waals surface area contributed by atoms with Crippen LogP contribution in [0.5, 0.6) is 0 Å². The predicted octanol–water partition coefficient (Wildman–Crippen LogP) is 2.78. The molecular weight excluding hydrogens is 248 g/mol. The molecule has 5 heteroatoms. The summed E-state index contributed by atoms with van der Waals surface area (Å²) < 4.78 is 14.9. The van der Waals surface area contributed by atoms with E-state index in [1.807, 2.05) is 0 Å². The highest BCUT2D eigenvalue weighted by atomic mass is 16.7. The van der Waals surface area contributed by atoms with Crippen molar-refractivity contribution >= 4 is 12.1 Å². The molecular formula is C14H24O5. The highest BCUT2D eigenvalue weighted by Gasteiger charge is 2.42. The van der Waals surface area contributed by atoms with Crippen LogP contribution >= 0.6 is 0 Å².